The third-order valence-corrected chi connectivity index (χ3v) is 4.45. The normalized spacial score (nSPS) is 16.7. The van der Waals surface area contributed by atoms with Crippen molar-refractivity contribution in [3.63, 3.8) is 0 Å². The number of aromatic nitrogens is 1. The van der Waals surface area contributed by atoms with Gasteiger partial charge in [-0.2, -0.15) is 0 Å². The molecule has 0 aliphatic carbocycles. The van der Waals surface area contributed by atoms with Crippen LogP contribution in [0, 0.1) is 12.8 Å². The van der Waals surface area contributed by atoms with Gasteiger partial charge in [0.15, 0.2) is 0 Å². The molecular weight excluding hydrogens is 284 g/mol. The molecule has 3 heteroatoms. The van der Waals surface area contributed by atoms with Crippen molar-refractivity contribution in [1.82, 2.24) is 4.98 Å². The van der Waals surface area contributed by atoms with E-state index in [-0.39, 0.29) is 0 Å². The van der Waals surface area contributed by atoms with Crippen molar-refractivity contribution in [1.29, 1.82) is 0 Å². The second kappa shape index (κ2) is 5.92. The molecule has 3 aromatic rings. The van der Waals surface area contributed by atoms with Gasteiger partial charge in [0.2, 0.25) is 0 Å². The number of hydrogen-bond acceptors (Lipinski definition) is 3. The molecule has 1 atom stereocenters. The van der Waals surface area contributed by atoms with Crippen molar-refractivity contribution in [3.05, 3.63) is 65.7 Å². The molecule has 1 aliphatic heterocycles. The van der Waals surface area contributed by atoms with Crippen LogP contribution in [0.5, 0.6) is 5.75 Å². The number of pyridine rings is 1. The maximum atomic E-state index is 5.86. The molecule has 1 N–H and O–H groups in total. The van der Waals surface area contributed by atoms with Gasteiger partial charge in [0, 0.05) is 17.8 Å². The number of nitrogens with zero attached hydrogens (tertiary/aromatic N) is 1. The van der Waals surface area contributed by atoms with Gasteiger partial charge in [-0.25, -0.2) is 4.98 Å². The average molecular weight is 304 g/mol. The van der Waals surface area contributed by atoms with Gasteiger partial charge >= 0.3 is 0 Å². The zero-order chi connectivity index (χ0) is 15.6. The SMILES string of the molecule is Cc1cc(NCC2COc3ccccc3C2)nc2ccccc12. The topological polar surface area (TPSA) is 34.1 Å². The van der Waals surface area contributed by atoms with Crippen LogP contribution >= 0.6 is 0 Å². The second-order valence-electron chi connectivity index (χ2n) is 6.21. The summed E-state index contributed by atoms with van der Waals surface area (Å²) in [5.74, 6) is 2.45. The van der Waals surface area contributed by atoms with Crippen molar-refractivity contribution >= 4 is 16.7 Å². The zero-order valence-corrected chi connectivity index (χ0v) is 13.3. The molecule has 0 saturated carbocycles. The standard InChI is InChI=1S/C20H20N2O/c1-14-10-20(22-18-8-4-3-7-17(14)18)21-12-15-11-16-6-2-5-9-19(16)23-13-15/h2-10,15H,11-13H2,1H3,(H,21,22). The predicted octanol–water partition coefficient (Wildman–Crippen LogP) is 4.21. The third kappa shape index (κ3) is 2.87. The van der Waals surface area contributed by atoms with Gasteiger partial charge < -0.3 is 10.1 Å². The summed E-state index contributed by atoms with van der Waals surface area (Å²) in [5, 5.41) is 4.70. The highest BCUT2D eigenvalue weighted by Gasteiger charge is 2.19. The number of nitrogens with one attached hydrogen (secondary N) is 1. The highest BCUT2D eigenvalue weighted by Crippen LogP contribution is 2.27. The Hall–Kier alpha value is -2.55. The molecule has 1 aliphatic rings. The fourth-order valence-electron chi connectivity index (χ4n) is 3.21. The van der Waals surface area contributed by atoms with Crippen LogP contribution in [-0.4, -0.2) is 18.1 Å². The Kier molecular flexibility index (Phi) is 3.62. The highest BCUT2D eigenvalue weighted by atomic mass is 16.5. The van der Waals surface area contributed by atoms with Crippen LogP contribution < -0.4 is 10.1 Å². The van der Waals surface area contributed by atoms with Crippen LogP contribution in [-0.2, 0) is 6.42 Å². The molecule has 2 heterocycles. The lowest BCUT2D eigenvalue weighted by Gasteiger charge is -2.25. The smallest absolute Gasteiger partial charge is 0.126 e. The van der Waals surface area contributed by atoms with E-state index in [9.17, 15) is 0 Å². The van der Waals surface area contributed by atoms with Crippen molar-refractivity contribution in [2.24, 2.45) is 5.92 Å². The average Bonchev–Trinajstić information content (AvgIpc) is 2.60. The number of fused-ring (bicyclic) bond motifs is 2. The summed E-state index contributed by atoms with van der Waals surface area (Å²) < 4.78 is 5.86. The lowest BCUT2D eigenvalue weighted by atomic mass is 9.97. The van der Waals surface area contributed by atoms with Crippen molar-refractivity contribution in [2.45, 2.75) is 13.3 Å². The first-order valence-electron chi connectivity index (χ1n) is 8.10. The van der Waals surface area contributed by atoms with Crippen LogP contribution in [0.2, 0.25) is 0 Å². The van der Waals surface area contributed by atoms with Crippen LogP contribution in [0.4, 0.5) is 5.82 Å². The molecule has 116 valence electrons. The summed E-state index contributed by atoms with van der Waals surface area (Å²) in [7, 11) is 0. The molecule has 0 spiro atoms. The van der Waals surface area contributed by atoms with E-state index in [4.69, 9.17) is 9.72 Å². The summed E-state index contributed by atoms with van der Waals surface area (Å²) in [6, 6.07) is 18.7. The zero-order valence-electron chi connectivity index (χ0n) is 13.3. The quantitative estimate of drug-likeness (QED) is 0.787. The van der Waals surface area contributed by atoms with E-state index in [1.807, 2.05) is 18.2 Å². The number of anilines is 1. The fraction of sp³-hybridized carbons (Fsp3) is 0.250. The van der Waals surface area contributed by atoms with Gasteiger partial charge in [-0.15, -0.1) is 0 Å². The van der Waals surface area contributed by atoms with E-state index in [0.29, 0.717) is 5.92 Å². The molecule has 0 saturated heterocycles. The summed E-state index contributed by atoms with van der Waals surface area (Å²) in [5.41, 5.74) is 3.59. The molecule has 1 aromatic heterocycles. The number of ether oxygens (including phenoxy) is 1. The van der Waals surface area contributed by atoms with E-state index in [2.05, 4.69) is 48.6 Å². The number of hydrogen-bond donors (Lipinski definition) is 1. The molecule has 0 radical (unpaired) electrons. The van der Waals surface area contributed by atoms with E-state index in [1.54, 1.807) is 0 Å². The summed E-state index contributed by atoms with van der Waals surface area (Å²) in [6.45, 7) is 3.77. The number of benzene rings is 2. The number of rotatable bonds is 3. The Morgan fingerprint density at radius 1 is 1.13 bits per heavy atom. The van der Waals surface area contributed by atoms with Crippen LogP contribution in [0.3, 0.4) is 0 Å². The Morgan fingerprint density at radius 2 is 1.96 bits per heavy atom. The van der Waals surface area contributed by atoms with E-state index in [0.717, 1.165) is 36.7 Å². The van der Waals surface area contributed by atoms with Gasteiger partial charge in [-0.05, 0) is 42.7 Å². The van der Waals surface area contributed by atoms with Crippen LogP contribution in [0.1, 0.15) is 11.1 Å². The summed E-state index contributed by atoms with van der Waals surface area (Å²) >= 11 is 0. The Bertz CT molecular complexity index is 844. The highest BCUT2D eigenvalue weighted by molar-refractivity contribution is 5.83. The van der Waals surface area contributed by atoms with E-state index in [1.165, 1.54) is 16.5 Å². The van der Waals surface area contributed by atoms with E-state index >= 15 is 0 Å². The first-order chi connectivity index (χ1) is 11.3. The number of aryl methyl sites for hydroxylation is 1. The first-order valence-corrected chi connectivity index (χ1v) is 8.10. The maximum absolute atomic E-state index is 5.86. The Labute approximate surface area is 136 Å². The lowest BCUT2D eigenvalue weighted by molar-refractivity contribution is 0.229. The summed E-state index contributed by atoms with van der Waals surface area (Å²) in [4.78, 5) is 4.71. The Morgan fingerprint density at radius 3 is 2.91 bits per heavy atom. The van der Waals surface area contributed by atoms with Crippen molar-refractivity contribution in [2.75, 3.05) is 18.5 Å². The van der Waals surface area contributed by atoms with Crippen molar-refractivity contribution in [3.8, 4) is 5.75 Å². The van der Waals surface area contributed by atoms with Gasteiger partial charge in [-0.1, -0.05) is 36.4 Å². The van der Waals surface area contributed by atoms with Crippen LogP contribution in [0.15, 0.2) is 54.6 Å². The minimum absolute atomic E-state index is 0.471. The maximum Gasteiger partial charge on any atom is 0.126 e. The fourth-order valence-corrected chi connectivity index (χ4v) is 3.21. The van der Waals surface area contributed by atoms with Gasteiger partial charge in [0.1, 0.15) is 11.6 Å². The molecule has 23 heavy (non-hydrogen) atoms. The monoisotopic (exact) mass is 304 g/mol. The minimum Gasteiger partial charge on any atom is -0.493 e. The molecular formula is C20H20N2O. The molecule has 3 nitrogen and oxygen atoms in total. The third-order valence-electron chi connectivity index (χ3n) is 4.45. The summed E-state index contributed by atoms with van der Waals surface area (Å²) in [6.07, 6.45) is 1.05. The molecule has 1 unspecified atom stereocenters. The first kappa shape index (κ1) is 14.1. The molecule has 0 amide bonds. The Balaban J connectivity index is 1.48. The largest absolute Gasteiger partial charge is 0.493 e. The molecule has 2 aromatic carbocycles. The lowest BCUT2D eigenvalue weighted by Crippen LogP contribution is -2.27. The van der Waals surface area contributed by atoms with Gasteiger partial charge in [0.25, 0.3) is 0 Å². The molecule has 0 fully saturated rings. The van der Waals surface area contributed by atoms with Gasteiger partial charge in [-0.3, -0.25) is 0 Å². The molecule has 4 rings (SSSR count). The van der Waals surface area contributed by atoms with Gasteiger partial charge in [0.05, 0.1) is 12.1 Å². The minimum atomic E-state index is 0.471. The predicted molar refractivity (Wildman–Crippen MR) is 94.1 cm³/mol. The second-order valence-corrected chi connectivity index (χ2v) is 6.21. The molecule has 0 bridgehead atoms. The van der Waals surface area contributed by atoms with Crippen LogP contribution in [0.25, 0.3) is 10.9 Å². The number of para-hydroxylation sites is 2. The van der Waals surface area contributed by atoms with Crippen molar-refractivity contribution < 1.29 is 4.74 Å². The van der Waals surface area contributed by atoms with E-state index < -0.39 is 0 Å².